The highest BCUT2D eigenvalue weighted by atomic mass is 16.3. The summed E-state index contributed by atoms with van der Waals surface area (Å²) in [5, 5.41) is 9.79. The van der Waals surface area contributed by atoms with E-state index in [9.17, 15) is 14.7 Å². The van der Waals surface area contributed by atoms with Gasteiger partial charge in [0.2, 0.25) is 5.43 Å². The molecule has 0 bridgehead atoms. The van der Waals surface area contributed by atoms with Crippen LogP contribution in [0, 0.1) is 5.41 Å². The SMILES string of the molecule is CC1(C)CCN2C(=O)c3c(O)c(=O)ccn3NC2C1. The van der Waals surface area contributed by atoms with Crippen LogP contribution in [-0.4, -0.2) is 33.3 Å². The van der Waals surface area contributed by atoms with Gasteiger partial charge in [0.15, 0.2) is 11.4 Å². The molecule has 6 heteroatoms. The Balaban J connectivity index is 2.06. The van der Waals surface area contributed by atoms with Crippen molar-refractivity contribution in [2.45, 2.75) is 32.9 Å². The minimum atomic E-state index is -0.530. The molecular weight excluding hydrogens is 246 g/mol. The van der Waals surface area contributed by atoms with Gasteiger partial charge in [-0.3, -0.25) is 14.3 Å². The van der Waals surface area contributed by atoms with Crippen LogP contribution in [0.2, 0.25) is 0 Å². The average molecular weight is 263 g/mol. The van der Waals surface area contributed by atoms with E-state index in [-0.39, 0.29) is 23.2 Å². The van der Waals surface area contributed by atoms with Gasteiger partial charge in [0.25, 0.3) is 5.91 Å². The lowest BCUT2D eigenvalue weighted by Gasteiger charge is -2.46. The van der Waals surface area contributed by atoms with Gasteiger partial charge in [0.05, 0.1) is 0 Å². The van der Waals surface area contributed by atoms with Crippen molar-refractivity contribution in [2.24, 2.45) is 5.41 Å². The number of piperidine rings is 1. The van der Waals surface area contributed by atoms with E-state index in [0.717, 1.165) is 12.8 Å². The van der Waals surface area contributed by atoms with E-state index in [1.54, 1.807) is 4.90 Å². The van der Waals surface area contributed by atoms with Crippen LogP contribution in [0.25, 0.3) is 0 Å². The smallest absolute Gasteiger partial charge is 0.278 e. The molecule has 1 unspecified atom stereocenters. The average Bonchev–Trinajstić information content (AvgIpc) is 2.32. The molecule has 0 aliphatic carbocycles. The quantitative estimate of drug-likeness (QED) is 0.722. The number of nitrogens with one attached hydrogen (secondary N) is 1. The first kappa shape index (κ1) is 12.1. The molecule has 1 fully saturated rings. The summed E-state index contributed by atoms with van der Waals surface area (Å²) in [5.41, 5.74) is 2.85. The molecule has 0 radical (unpaired) electrons. The number of pyridine rings is 1. The lowest BCUT2D eigenvalue weighted by molar-refractivity contribution is 0.0396. The van der Waals surface area contributed by atoms with Gasteiger partial charge in [0.1, 0.15) is 6.17 Å². The number of carbonyl (C=O) groups is 1. The Kier molecular flexibility index (Phi) is 2.39. The first-order chi connectivity index (χ1) is 8.89. The second-order valence-electron chi connectivity index (χ2n) is 6.01. The highest BCUT2D eigenvalue weighted by Gasteiger charge is 2.41. The van der Waals surface area contributed by atoms with Crippen LogP contribution in [0.1, 0.15) is 37.2 Å². The fraction of sp³-hybridized carbons (Fsp3) is 0.538. The molecule has 1 amide bonds. The van der Waals surface area contributed by atoms with E-state index in [1.165, 1.54) is 16.9 Å². The third-order valence-corrected chi connectivity index (χ3v) is 3.98. The summed E-state index contributed by atoms with van der Waals surface area (Å²) in [4.78, 5) is 25.5. The summed E-state index contributed by atoms with van der Waals surface area (Å²) in [7, 11) is 0. The summed E-state index contributed by atoms with van der Waals surface area (Å²) in [5.74, 6) is -0.766. The van der Waals surface area contributed by atoms with Gasteiger partial charge in [-0.2, -0.15) is 0 Å². The number of amides is 1. The maximum Gasteiger partial charge on any atom is 0.278 e. The molecule has 19 heavy (non-hydrogen) atoms. The number of hydrogen-bond donors (Lipinski definition) is 2. The van der Waals surface area contributed by atoms with Crippen LogP contribution < -0.4 is 10.9 Å². The van der Waals surface area contributed by atoms with Gasteiger partial charge < -0.3 is 15.4 Å². The Morgan fingerprint density at radius 2 is 2.16 bits per heavy atom. The number of hydrogen-bond acceptors (Lipinski definition) is 4. The molecule has 6 nitrogen and oxygen atoms in total. The lowest BCUT2D eigenvalue weighted by Crippen LogP contribution is -2.58. The Labute approximate surface area is 110 Å². The van der Waals surface area contributed by atoms with Gasteiger partial charge >= 0.3 is 0 Å². The topological polar surface area (TPSA) is 74.6 Å². The molecule has 2 aliphatic rings. The predicted octanol–water partition coefficient (Wildman–Crippen LogP) is 0.699. The summed E-state index contributed by atoms with van der Waals surface area (Å²) in [6.07, 6.45) is 3.15. The highest BCUT2D eigenvalue weighted by molar-refractivity contribution is 5.96. The summed E-state index contributed by atoms with van der Waals surface area (Å²) >= 11 is 0. The summed E-state index contributed by atoms with van der Waals surface area (Å²) in [6, 6.07) is 1.25. The van der Waals surface area contributed by atoms with Crippen molar-refractivity contribution >= 4 is 5.91 Å². The molecule has 0 saturated carbocycles. The normalized spacial score (nSPS) is 24.4. The highest BCUT2D eigenvalue weighted by Crippen LogP contribution is 2.35. The van der Waals surface area contributed by atoms with Crippen molar-refractivity contribution in [2.75, 3.05) is 12.0 Å². The first-order valence-electron chi connectivity index (χ1n) is 6.41. The van der Waals surface area contributed by atoms with Crippen LogP contribution in [-0.2, 0) is 0 Å². The molecule has 2 aliphatic heterocycles. The fourth-order valence-corrected chi connectivity index (χ4v) is 2.81. The second-order valence-corrected chi connectivity index (χ2v) is 6.01. The van der Waals surface area contributed by atoms with Crippen LogP contribution in [0.5, 0.6) is 5.75 Å². The van der Waals surface area contributed by atoms with E-state index in [4.69, 9.17) is 0 Å². The van der Waals surface area contributed by atoms with Crippen molar-refractivity contribution in [3.05, 3.63) is 28.2 Å². The van der Waals surface area contributed by atoms with Gasteiger partial charge in [0, 0.05) is 18.8 Å². The van der Waals surface area contributed by atoms with Gasteiger partial charge in [-0.1, -0.05) is 13.8 Å². The minimum absolute atomic E-state index is 0.0310. The molecule has 0 aromatic carbocycles. The van der Waals surface area contributed by atoms with Crippen LogP contribution in [0.15, 0.2) is 17.1 Å². The Morgan fingerprint density at radius 3 is 2.89 bits per heavy atom. The standard InChI is InChI=1S/C13H17N3O3/c1-13(2)4-6-15-9(7-13)14-16-5-3-8(17)11(18)10(16)12(15)19/h3,5,9,14,18H,4,6-7H2,1-2H3. The fourth-order valence-electron chi connectivity index (χ4n) is 2.81. The molecule has 102 valence electrons. The monoisotopic (exact) mass is 263 g/mol. The Hall–Kier alpha value is -1.98. The zero-order chi connectivity index (χ0) is 13.8. The summed E-state index contributed by atoms with van der Waals surface area (Å²) in [6.45, 7) is 4.98. The van der Waals surface area contributed by atoms with Crippen molar-refractivity contribution in [1.29, 1.82) is 0 Å². The minimum Gasteiger partial charge on any atom is -0.502 e. The number of aromatic hydroxyl groups is 1. The van der Waals surface area contributed by atoms with Crippen molar-refractivity contribution in [1.82, 2.24) is 9.58 Å². The van der Waals surface area contributed by atoms with Crippen LogP contribution in [0.4, 0.5) is 0 Å². The van der Waals surface area contributed by atoms with E-state index in [0.29, 0.717) is 6.54 Å². The predicted molar refractivity (Wildman–Crippen MR) is 69.6 cm³/mol. The maximum atomic E-state index is 12.4. The zero-order valence-electron chi connectivity index (χ0n) is 11.0. The van der Waals surface area contributed by atoms with Crippen molar-refractivity contribution in [3.8, 4) is 5.75 Å². The first-order valence-corrected chi connectivity index (χ1v) is 6.41. The molecule has 1 saturated heterocycles. The Morgan fingerprint density at radius 1 is 1.42 bits per heavy atom. The molecule has 3 heterocycles. The second kappa shape index (κ2) is 3.76. The van der Waals surface area contributed by atoms with E-state index < -0.39 is 11.2 Å². The van der Waals surface area contributed by atoms with Gasteiger partial charge in [-0.25, -0.2) is 0 Å². The molecule has 3 rings (SSSR count). The van der Waals surface area contributed by atoms with E-state index in [2.05, 4.69) is 19.3 Å². The third kappa shape index (κ3) is 1.78. The number of aromatic nitrogens is 1. The van der Waals surface area contributed by atoms with Crippen molar-refractivity contribution in [3.63, 3.8) is 0 Å². The summed E-state index contributed by atoms with van der Waals surface area (Å²) < 4.78 is 1.46. The van der Waals surface area contributed by atoms with Crippen molar-refractivity contribution < 1.29 is 9.90 Å². The maximum absolute atomic E-state index is 12.4. The number of rotatable bonds is 0. The Bertz CT molecular complexity index is 606. The third-order valence-electron chi connectivity index (χ3n) is 3.98. The number of nitrogens with zero attached hydrogens (tertiary/aromatic N) is 2. The van der Waals surface area contributed by atoms with Gasteiger partial charge in [-0.05, 0) is 18.3 Å². The molecule has 1 atom stereocenters. The largest absolute Gasteiger partial charge is 0.502 e. The molecular formula is C13H17N3O3. The zero-order valence-corrected chi connectivity index (χ0v) is 11.0. The van der Waals surface area contributed by atoms with Crippen LogP contribution >= 0.6 is 0 Å². The lowest BCUT2D eigenvalue weighted by atomic mass is 9.80. The van der Waals surface area contributed by atoms with E-state index >= 15 is 0 Å². The number of carbonyl (C=O) groups excluding carboxylic acids is 1. The molecule has 0 spiro atoms. The number of fused-ring (bicyclic) bond motifs is 2. The molecule has 1 aromatic rings. The van der Waals surface area contributed by atoms with Crippen LogP contribution in [0.3, 0.4) is 0 Å². The van der Waals surface area contributed by atoms with E-state index in [1.807, 2.05) is 0 Å². The molecule has 2 N–H and O–H groups in total. The molecule has 1 aromatic heterocycles. The van der Waals surface area contributed by atoms with Gasteiger partial charge in [-0.15, -0.1) is 0 Å².